The third-order valence-electron chi connectivity index (χ3n) is 2.91. The standard InChI is InChI=1S/C14H19ClN4O3/c1-6-22-13(21)10-7-16-14(15)18-11(10)17-9(4)12(20)19(5)8(2)3/h7-8H,6H2,1-5H3. The van der Waals surface area contributed by atoms with Gasteiger partial charge in [0.2, 0.25) is 5.28 Å². The average molecular weight is 327 g/mol. The SMILES string of the molecule is CCOC(=O)c1cnc(Cl)nc1N=C(C)C(=O)N(C)C(C)C. The molecule has 0 saturated carbocycles. The van der Waals surface area contributed by atoms with Gasteiger partial charge in [0.25, 0.3) is 5.91 Å². The Kier molecular flexibility index (Phi) is 6.42. The van der Waals surface area contributed by atoms with Crippen molar-refractivity contribution in [2.75, 3.05) is 13.7 Å². The van der Waals surface area contributed by atoms with E-state index in [1.807, 2.05) is 13.8 Å². The van der Waals surface area contributed by atoms with E-state index >= 15 is 0 Å². The Morgan fingerprint density at radius 3 is 2.64 bits per heavy atom. The minimum atomic E-state index is -0.615. The molecule has 0 fully saturated rings. The van der Waals surface area contributed by atoms with Gasteiger partial charge in [-0.3, -0.25) is 4.79 Å². The molecule has 0 aromatic carbocycles. The van der Waals surface area contributed by atoms with Gasteiger partial charge in [-0.05, 0) is 39.3 Å². The molecule has 8 heteroatoms. The van der Waals surface area contributed by atoms with E-state index in [1.54, 1.807) is 20.9 Å². The van der Waals surface area contributed by atoms with Crippen LogP contribution >= 0.6 is 11.6 Å². The molecule has 0 radical (unpaired) electrons. The second-order valence-corrected chi connectivity index (χ2v) is 5.14. The lowest BCUT2D eigenvalue weighted by Gasteiger charge is -2.21. The third kappa shape index (κ3) is 4.49. The van der Waals surface area contributed by atoms with Crippen LogP contribution in [0.5, 0.6) is 0 Å². The van der Waals surface area contributed by atoms with Crippen LogP contribution in [0.1, 0.15) is 38.1 Å². The molecular formula is C14H19ClN4O3. The minimum absolute atomic E-state index is 0.0152. The van der Waals surface area contributed by atoms with Crippen LogP contribution in [0, 0.1) is 0 Å². The number of aliphatic imine (C=N–C) groups is 1. The van der Waals surface area contributed by atoms with Crippen LogP contribution in [-0.2, 0) is 9.53 Å². The second-order valence-electron chi connectivity index (χ2n) is 4.80. The van der Waals surface area contributed by atoms with Crippen molar-refractivity contribution < 1.29 is 14.3 Å². The van der Waals surface area contributed by atoms with Gasteiger partial charge in [0, 0.05) is 19.3 Å². The summed E-state index contributed by atoms with van der Waals surface area (Å²) in [6, 6.07) is 0.0242. The predicted molar refractivity (Wildman–Crippen MR) is 83.7 cm³/mol. The van der Waals surface area contributed by atoms with Crippen LogP contribution in [0.15, 0.2) is 11.2 Å². The van der Waals surface area contributed by atoms with Crippen LogP contribution in [-0.4, -0.2) is 52.2 Å². The number of halogens is 1. The summed E-state index contributed by atoms with van der Waals surface area (Å²) in [6.07, 6.45) is 1.23. The highest BCUT2D eigenvalue weighted by molar-refractivity contribution is 6.38. The van der Waals surface area contributed by atoms with Crippen molar-refractivity contribution in [3.63, 3.8) is 0 Å². The molecule has 1 rings (SSSR count). The number of esters is 1. The molecule has 1 heterocycles. The number of carbonyl (C=O) groups excluding carboxylic acids is 2. The number of rotatable bonds is 5. The van der Waals surface area contributed by atoms with Crippen LogP contribution < -0.4 is 0 Å². The third-order valence-corrected chi connectivity index (χ3v) is 3.09. The molecule has 1 aromatic heterocycles. The summed E-state index contributed by atoms with van der Waals surface area (Å²) >= 11 is 5.74. The number of ether oxygens (including phenoxy) is 1. The van der Waals surface area contributed by atoms with E-state index in [-0.39, 0.29) is 40.9 Å². The van der Waals surface area contributed by atoms with E-state index in [0.717, 1.165) is 0 Å². The van der Waals surface area contributed by atoms with Gasteiger partial charge in [0.1, 0.15) is 11.3 Å². The molecule has 0 saturated heterocycles. The lowest BCUT2D eigenvalue weighted by Crippen LogP contribution is -2.37. The molecule has 1 aromatic rings. The molecule has 0 atom stereocenters. The fourth-order valence-electron chi connectivity index (χ4n) is 1.49. The van der Waals surface area contributed by atoms with Gasteiger partial charge < -0.3 is 9.64 Å². The van der Waals surface area contributed by atoms with Crippen molar-refractivity contribution in [3.8, 4) is 0 Å². The topological polar surface area (TPSA) is 84.7 Å². The maximum Gasteiger partial charge on any atom is 0.343 e. The van der Waals surface area contributed by atoms with Gasteiger partial charge in [0.05, 0.1) is 6.61 Å². The first kappa shape index (κ1) is 18.0. The number of aromatic nitrogens is 2. The summed E-state index contributed by atoms with van der Waals surface area (Å²) in [4.78, 5) is 37.3. The smallest absolute Gasteiger partial charge is 0.343 e. The first-order valence-corrected chi connectivity index (χ1v) is 7.17. The van der Waals surface area contributed by atoms with E-state index in [1.165, 1.54) is 11.1 Å². The lowest BCUT2D eigenvalue weighted by atomic mass is 10.2. The molecule has 7 nitrogen and oxygen atoms in total. The van der Waals surface area contributed by atoms with Crippen molar-refractivity contribution in [2.24, 2.45) is 4.99 Å². The van der Waals surface area contributed by atoms with Gasteiger partial charge in [0.15, 0.2) is 5.82 Å². The van der Waals surface area contributed by atoms with E-state index < -0.39 is 5.97 Å². The van der Waals surface area contributed by atoms with Crippen molar-refractivity contribution >= 4 is 35.0 Å². The van der Waals surface area contributed by atoms with Crippen LogP contribution in [0.3, 0.4) is 0 Å². The largest absolute Gasteiger partial charge is 0.462 e. The Morgan fingerprint density at radius 1 is 1.45 bits per heavy atom. The van der Waals surface area contributed by atoms with Crippen molar-refractivity contribution in [1.29, 1.82) is 0 Å². The Balaban J connectivity index is 3.20. The maximum atomic E-state index is 12.2. The normalized spacial score (nSPS) is 11.5. The van der Waals surface area contributed by atoms with Gasteiger partial charge in [-0.15, -0.1) is 0 Å². The zero-order valence-electron chi connectivity index (χ0n) is 13.3. The molecular weight excluding hydrogens is 308 g/mol. The number of carbonyl (C=O) groups is 2. The molecule has 0 N–H and O–H groups in total. The zero-order chi connectivity index (χ0) is 16.9. The highest BCUT2D eigenvalue weighted by Gasteiger charge is 2.19. The van der Waals surface area contributed by atoms with Crippen LogP contribution in [0.2, 0.25) is 5.28 Å². The molecule has 0 aliphatic heterocycles. The number of nitrogens with zero attached hydrogens (tertiary/aromatic N) is 4. The summed E-state index contributed by atoms with van der Waals surface area (Å²) in [6.45, 7) is 7.21. The maximum absolute atomic E-state index is 12.2. The quantitative estimate of drug-likeness (QED) is 0.471. The molecule has 22 heavy (non-hydrogen) atoms. The molecule has 0 aliphatic carbocycles. The van der Waals surface area contributed by atoms with Crippen molar-refractivity contribution in [3.05, 3.63) is 17.0 Å². The highest BCUT2D eigenvalue weighted by atomic mass is 35.5. The Morgan fingerprint density at radius 2 is 2.09 bits per heavy atom. The fraction of sp³-hybridized carbons (Fsp3) is 0.500. The van der Waals surface area contributed by atoms with E-state index in [9.17, 15) is 9.59 Å². The summed E-state index contributed by atoms with van der Waals surface area (Å²) in [7, 11) is 1.67. The molecule has 0 spiro atoms. The van der Waals surface area contributed by atoms with Crippen molar-refractivity contribution in [1.82, 2.24) is 14.9 Å². The number of hydrogen-bond acceptors (Lipinski definition) is 6. The molecule has 0 aliphatic rings. The monoisotopic (exact) mass is 326 g/mol. The fourth-order valence-corrected chi connectivity index (χ4v) is 1.62. The Hall–Kier alpha value is -2.02. The van der Waals surface area contributed by atoms with Crippen molar-refractivity contribution in [2.45, 2.75) is 33.7 Å². The first-order chi connectivity index (χ1) is 10.3. The average Bonchev–Trinajstić information content (AvgIpc) is 2.45. The van der Waals surface area contributed by atoms with Gasteiger partial charge in [-0.25, -0.2) is 14.8 Å². The second kappa shape index (κ2) is 7.84. The summed E-state index contributed by atoms with van der Waals surface area (Å²) in [5.41, 5.74) is 0.252. The zero-order valence-corrected chi connectivity index (χ0v) is 14.0. The van der Waals surface area contributed by atoms with E-state index in [0.29, 0.717) is 0 Å². The number of hydrogen-bond donors (Lipinski definition) is 0. The van der Waals surface area contributed by atoms with Crippen LogP contribution in [0.4, 0.5) is 5.82 Å². The Bertz CT molecular complexity index is 602. The van der Waals surface area contributed by atoms with E-state index in [2.05, 4.69) is 15.0 Å². The first-order valence-electron chi connectivity index (χ1n) is 6.80. The van der Waals surface area contributed by atoms with E-state index in [4.69, 9.17) is 16.3 Å². The number of amides is 1. The lowest BCUT2D eigenvalue weighted by molar-refractivity contribution is -0.124. The highest BCUT2D eigenvalue weighted by Crippen LogP contribution is 2.19. The van der Waals surface area contributed by atoms with Gasteiger partial charge in [-0.1, -0.05) is 0 Å². The van der Waals surface area contributed by atoms with Gasteiger partial charge >= 0.3 is 5.97 Å². The molecule has 0 unspecified atom stereocenters. The molecule has 120 valence electrons. The van der Waals surface area contributed by atoms with Gasteiger partial charge in [-0.2, -0.15) is 4.98 Å². The minimum Gasteiger partial charge on any atom is -0.462 e. The summed E-state index contributed by atoms with van der Waals surface area (Å²) in [5.74, 6) is -0.864. The molecule has 1 amide bonds. The Labute approximate surface area is 134 Å². The predicted octanol–water partition coefficient (Wildman–Crippen LogP) is 2.27. The molecule has 0 bridgehead atoms. The summed E-state index contributed by atoms with van der Waals surface area (Å²) < 4.78 is 4.91. The van der Waals surface area contributed by atoms with Crippen LogP contribution in [0.25, 0.3) is 0 Å². The summed E-state index contributed by atoms with van der Waals surface area (Å²) in [5, 5.41) is -0.0655.